The fourth-order valence-corrected chi connectivity index (χ4v) is 5.55. The van der Waals surface area contributed by atoms with Crippen molar-refractivity contribution in [1.29, 1.82) is 0 Å². The van der Waals surface area contributed by atoms with Gasteiger partial charge in [0, 0.05) is 12.6 Å². The maximum absolute atomic E-state index is 14.0. The number of carbonyl (C=O) groups excluding carboxylic acids is 2. The average Bonchev–Trinajstić information content (AvgIpc) is 2.95. The number of rotatable bonds is 12. The van der Waals surface area contributed by atoms with Crippen LogP contribution >= 0.6 is 0 Å². The highest BCUT2D eigenvalue weighted by atomic mass is 32.2. The zero-order valence-electron chi connectivity index (χ0n) is 23.1. The van der Waals surface area contributed by atoms with Gasteiger partial charge in [0.1, 0.15) is 18.3 Å². The second-order valence-electron chi connectivity index (χ2n) is 9.47. The first-order valence-corrected chi connectivity index (χ1v) is 14.4. The van der Waals surface area contributed by atoms with Crippen molar-refractivity contribution in [2.24, 2.45) is 0 Å². The molecule has 0 aliphatic rings. The van der Waals surface area contributed by atoms with E-state index in [-0.39, 0.29) is 23.4 Å². The van der Waals surface area contributed by atoms with Crippen LogP contribution in [-0.2, 0) is 26.2 Å². The predicted octanol–water partition coefficient (Wildman–Crippen LogP) is 4.53. The number of amides is 2. The van der Waals surface area contributed by atoms with Crippen LogP contribution in [0.5, 0.6) is 5.75 Å². The molecule has 0 saturated carbocycles. The standard InChI is InChI=1S/C30H37N3O5S/c1-6-23(3)31-30(35)24(4)32(20-25-16-18-26(38-5)19-17-25)29(34)21-33(28-15-11-10-12-22(28)2)39(36,37)27-13-8-7-9-14-27/h7-19,23-24H,6,20-21H2,1-5H3,(H,31,35)/t23-,24-/m1/s1. The Morgan fingerprint density at radius 3 is 2.13 bits per heavy atom. The van der Waals surface area contributed by atoms with Gasteiger partial charge in [0.2, 0.25) is 11.8 Å². The number of hydrogen-bond acceptors (Lipinski definition) is 5. The summed E-state index contributed by atoms with van der Waals surface area (Å²) in [5.41, 5.74) is 1.88. The molecule has 0 unspecified atom stereocenters. The number of nitrogens with one attached hydrogen (secondary N) is 1. The van der Waals surface area contributed by atoms with Crippen molar-refractivity contribution < 1.29 is 22.7 Å². The molecular formula is C30H37N3O5S. The lowest BCUT2D eigenvalue weighted by atomic mass is 10.1. The highest BCUT2D eigenvalue weighted by molar-refractivity contribution is 7.92. The molecule has 0 aliphatic carbocycles. The molecule has 8 nitrogen and oxygen atoms in total. The first-order chi connectivity index (χ1) is 18.6. The number of anilines is 1. The normalized spacial score (nSPS) is 12.7. The number of carbonyl (C=O) groups is 2. The lowest BCUT2D eigenvalue weighted by molar-refractivity contribution is -0.139. The van der Waals surface area contributed by atoms with E-state index in [4.69, 9.17) is 4.74 Å². The van der Waals surface area contributed by atoms with Crippen molar-refractivity contribution in [2.45, 2.75) is 57.6 Å². The number of aryl methyl sites for hydroxylation is 1. The molecule has 3 rings (SSSR count). The van der Waals surface area contributed by atoms with Crippen LogP contribution in [0.15, 0.2) is 83.8 Å². The van der Waals surface area contributed by atoms with Crippen molar-refractivity contribution in [1.82, 2.24) is 10.2 Å². The van der Waals surface area contributed by atoms with Gasteiger partial charge in [-0.15, -0.1) is 0 Å². The van der Waals surface area contributed by atoms with Crippen LogP contribution in [0, 0.1) is 6.92 Å². The Morgan fingerprint density at radius 2 is 1.54 bits per heavy atom. The molecule has 2 atom stereocenters. The van der Waals surface area contributed by atoms with Gasteiger partial charge in [0.15, 0.2) is 0 Å². The number of methoxy groups -OCH3 is 1. The Balaban J connectivity index is 2.02. The minimum Gasteiger partial charge on any atom is -0.497 e. The number of hydrogen-bond donors (Lipinski definition) is 1. The van der Waals surface area contributed by atoms with Crippen LogP contribution in [-0.4, -0.2) is 50.9 Å². The van der Waals surface area contributed by atoms with Crippen molar-refractivity contribution in [2.75, 3.05) is 18.0 Å². The fraction of sp³-hybridized carbons (Fsp3) is 0.333. The van der Waals surface area contributed by atoms with E-state index in [0.717, 1.165) is 16.3 Å². The Morgan fingerprint density at radius 1 is 0.923 bits per heavy atom. The minimum absolute atomic E-state index is 0.0696. The number of ether oxygens (including phenoxy) is 1. The van der Waals surface area contributed by atoms with Crippen LogP contribution in [0.2, 0.25) is 0 Å². The van der Waals surface area contributed by atoms with Gasteiger partial charge in [-0.1, -0.05) is 55.5 Å². The fourth-order valence-electron chi connectivity index (χ4n) is 4.05. The van der Waals surface area contributed by atoms with Gasteiger partial charge in [0.05, 0.1) is 17.7 Å². The maximum atomic E-state index is 14.0. The summed E-state index contributed by atoms with van der Waals surface area (Å²) in [5.74, 6) is -0.140. The second-order valence-corrected chi connectivity index (χ2v) is 11.3. The molecule has 0 aliphatic heterocycles. The summed E-state index contributed by atoms with van der Waals surface area (Å²) in [6, 6.07) is 21.3. The van der Waals surface area contributed by atoms with Gasteiger partial charge >= 0.3 is 0 Å². The molecular weight excluding hydrogens is 514 g/mol. The van der Waals surface area contributed by atoms with E-state index >= 15 is 0 Å². The van der Waals surface area contributed by atoms with Gasteiger partial charge in [-0.2, -0.15) is 0 Å². The molecule has 39 heavy (non-hydrogen) atoms. The molecule has 0 radical (unpaired) electrons. The monoisotopic (exact) mass is 551 g/mol. The third-order valence-corrected chi connectivity index (χ3v) is 8.45. The maximum Gasteiger partial charge on any atom is 0.264 e. The number of sulfonamides is 1. The third kappa shape index (κ3) is 7.38. The van der Waals surface area contributed by atoms with Crippen LogP contribution in [0.1, 0.15) is 38.3 Å². The number of nitrogens with zero attached hydrogens (tertiary/aromatic N) is 2. The Bertz CT molecular complexity index is 1360. The van der Waals surface area contributed by atoms with Gasteiger partial charge in [-0.3, -0.25) is 13.9 Å². The average molecular weight is 552 g/mol. The van der Waals surface area contributed by atoms with Crippen molar-refractivity contribution >= 4 is 27.5 Å². The smallest absolute Gasteiger partial charge is 0.264 e. The molecule has 208 valence electrons. The minimum atomic E-state index is -4.09. The van der Waals surface area contributed by atoms with E-state index in [9.17, 15) is 18.0 Å². The Labute approximate surface area is 231 Å². The summed E-state index contributed by atoms with van der Waals surface area (Å²) in [6.45, 7) is 6.95. The lowest BCUT2D eigenvalue weighted by Gasteiger charge is -2.33. The Kier molecular flexibility index (Phi) is 10.1. The second kappa shape index (κ2) is 13.3. The molecule has 0 aromatic heterocycles. The largest absolute Gasteiger partial charge is 0.497 e. The molecule has 0 heterocycles. The van der Waals surface area contributed by atoms with Gasteiger partial charge in [0.25, 0.3) is 10.0 Å². The van der Waals surface area contributed by atoms with E-state index in [1.54, 1.807) is 69.5 Å². The molecule has 2 amide bonds. The molecule has 9 heteroatoms. The van der Waals surface area contributed by atoms with Crippen LogP contribution in [0.3, 0.4) is 0 Å². The first-order valence-electron chi connectivity index (χ1n) is 12.9. The van der Waals surface area contributed by atoms with Crippen LogP contribution in [0.25, 0.3) is 0 Å². The van der Waals surface area contributed by atoms with E-state index < -0.39 is 28.5 Å². The molecule has 0 bridgehead atoms. The van der Waals surface area contributed by atoms with Gasteiger partial charge in [-0.25, -0.2) is 8.42 Å². The Hall–Kier alpha value is -3.85. The van der Waals surface area contributed by atoms with Gasteiger partial charge in [-0.05, 0) is 68.7 Å². The van der Waals surface area contributed by atoms with E-state index in [1.807, 2.05) is 32.0 Å². The topological polar surface area (TPSA) is 96.0 Å². The van der Waals surface area contributed by atoms with E-state index in [1.165, 1.54) is 17.0 Å². The molecule has 0 spiro atoms. The van der Waals surface area contributed by atoms with Crippen LogP contribution < -0.4 is 14.4 Å². The predicted molar refractivity (Wildman–Crippen MR) is 153 cm³/mol. The SMILES string of the molecule is CC[C@@H](C)NC(=O)[C@@H](C)N(Cc1ccc(OC)cc1)C(=O)CN(c1ccccc1C)S(=O)(=O)c1ccccc1. The van der Waals surface area contributed by atoms with Crippen molar-refractivity contribution in [3.05, 3.63) is 90.0 Å². The third-order valence-electron chi connectivity index (χ3n) is 6.67. The van der Waals surface area contributed by atoms with Crippen LogP contribution in [0.4, 0.5) is 5.69 Å². The van der Waals surface area contributed by atoms with Gasteiger partial charge < -0.3 is 15.0 Å². The molecule has 3 aromatic carbocycles. The summed E-state index contributed by atoms with van der Waals surface area (Å²) in [6.07, 6.45) is 0.737. The van der Waals surface area contributed by atoms with E-state index in [0.29, 0.717) is 17.0 Å². The molecule has 0 saturated heterocycles. The molecule has 3 aromatic rings. The zero-order chi connectivity index (χ0) is 28.6. The lowest BCUT2D eigenvalue weighted by Crippen LogP contribution is -2.52. The summed E-state index contributed by atoms with van der Waals surface area (Å²) < 4.78 is 34.0. The quantitative estimate of drug-likeness (QED) is 0.357. The highest BCUT2D eigenvalue weighted by Crippen LogP contribution is 2.27. The summed E-state index contributed by atoms with van der Waals surface area (Å²) >= 11 is 0. The van der Waals surface area contributed by atoms with Crippen molar-refractivity contribution in [3.8, 4) is 5.75 Å². The number of benzene rings is 3. The summed E-state index contributed by atoms with van der Waals surface area (Å²) in [7, 11) is -2.52. The number of para-hydroxylation sites is 1. The first kappa shape index (κ1) is 29.7. The zero-order valence-corrected chi connectivity index (χ0v) is 23.9. The van der Waals surface area contributed by atoms with Crippen molar-refractivity contribution in [3.63, 3.8) is 0 Å². The summed E-state index contributed by atoms with van der Waals surface area (Å²) in [4.78, 5) is 28.6. The molecule has 1 N–H and O–H groups in total. The van der Waals surface area contributed by atoms with E-state index in [2.05, 4.69) is 5.32 Å². The highest BCUT2D eigenvalue weighted by Gasteiger charge is 2.33. The summed E-state index contributed by atoms with van der Waals surface area (Å²) in [5, 5.41) is 2.93. The molecule has 0 fully saturated rings.